The SMILES string of the molecule is Cc1ccc(-n2nccc2NC(=O)OCC(Cl)(Cl)Cl)cc1. The van der Waals surface area contributed by atoms with Crippen molar-refractivity contribution in [2.45, 2.75) is 10.7 Å². The summed E-state index contributed by atoms with van der Waals surface area (Å²) in [4.78, 5) is 11.6. The molecule has 1 amide bonds. The average molecular weight is 349 g/mol. The number of aryl methyl sites for hydroxylation is 1. The molecule has 0 radical (unpaired) electrons. The molecule has 0 atom stereocenters. The van der Waals surface area contributed by atoms with Gasteiger partial charge in [-0.1, -0.05) is 52.5 Å². The van der Waals surface area contributed by atoms with Gasteiger partial charge in [-0.25, -0.2) is 9.48 Å². The second-order valence-electron chi connectivity index (χ2n) is 4.28. The Balaban J connectivity index is 2.07. The molecule has 1 N–H and O–H groups in total. The van der Waals surface area contributed by atoms with Crippen molar-refractivity contribution in [3.8, 4) is 5.69 Å². The molecule has 0 saturated heterocycles. The minimum atomic E-state index is -1.64. The Morgan fingerprint density at radius 1 is 1.29 bits per heavy atom. The molecule has 8 heteroatoms. The lowest BCUT2D eigenvalue weighted by molar-refractivity contribution is 0.163. The van der Waals surface area contributed by atoms with Crippen molar-refractivity contribution < 1.29 is 9.53 Å². The molecule has 1 heterocycles. The smallest absolute Gasteiger partial charge is 0.412 e. The number of carbonyl (C=O) groups is 1. The molecule has 0 fully saturated rings. The number of hydrogen-bond donors (Lipinski definition) is 1. The zero-order valence-corrected chi connectivity index (χ0v) is 13.3. The zero-order chi connectivity index (χ0) is 15.5. The van der Waals surface area contributed by atoms with Gasteiger partial charge in [-0.2, -0.15) is 5.10 Å². The van der Waals surface area contributed by atoms with Gasteiger partial charge in [-0.15, -0.1) is 0 Å². The first-order valence-electron chi connectivity index (χ1n) is 5.97. The molecule has 112 valence electrons. The first kappa shape index (κ1) is 15.9. The largest absolute Gasteiger partial charge is 0.445 e. The van der Waals surface area contributed by atoms with Gasteiger partial charge in [-0.3, -0.25) is 5.32 Å². The minimum absolute atomic E-state index is 0.345. The summed E-state index contributed by atoms with van der Waals surface area (Å²) in [6, 6.07) is 9.31. The second-order valence-corrected chi connectivity index (χ2v) is 6.80. The Kier molecular flexibility index (Phi) is 4.98. The van der Waals surface area contributed by atoms with Gasteiger partial charge in [0.2, 0.25) is 3.79 Å². The molecule has 0 aliphatic carbocycles. The number of aromatic nitrogens is 2. The molecule has 0 aliphatic heterocycles. The molecule has 1 aromatic heterocycles. The average Bonchev–Trinajstić information content (AvgIpc) is 2.85. The van der Waals surface area contributed by atoms with E-state index in [1.807, 2.05) is 31.2 Å². The van der Waals surface area contributed by atoms with Gasteiger partial charge in [0, 0.05) is 6.07 Å². The van der Waals surface area contributed by atoms with Crippen LogP contribution in [0, 0.1) is 6.92 Å². The standard InChI is InChI=1S/C13H12Cl3N3O2/c1-9-2-4-10(5-3-9)19-11(6-7-17-19)18-12(20)21-8-13(14,15)16/h2-7H,8H2,1H3,(H,18,20). The zero-order valence-electron chi connectivity index (χ0n) is 11.0. The molecule has 2 rings (SSSR count). The topological polar surface area (TPSA) is 56.2 Å². The second kappa shape index (κ2) is 6.56. The summed E-state index contributed by atoms with van der Waals surface area (Å²) in [7, 11) is 0. The highest BCUT2D eigenvalue weighted by Gasteiger charge is 2.22. The highest BCUT2D eigenvalue weighted by Crippen LogP contribution is 2.26. The Morgan fingerprint density at radius 3 is 2.57 bits per heavy atom. The van der Waals surface area contributed by atoms with Crippen molar-refractivity contribution in [3.63, 3.8) is 0 Å². The number of nitrogens with one attached hydrogen (secondary N) is 1. The van der Waals surface area contributed by atoms with Crippen LogP contribution in [0.3, 0.4) is 0 Å². The molecule has 0 saturated carbocycles. The summed E-state index contributed by atoms with van der Waals surface area (Å²) >= 11 is 16.5. The van der Waals surface area contributed by atoms with E-state index in [4.69, 9.17) is 39.5 Å². The fourth-order valence-corrected chi connectivity index (χ4v) is 1.74. The lowest BCUT2D eigenvalue weighted by atomic mass is 10.2. The maximum Gasteiger partial charge on any atom is 0.412 e. The normalized spacial score (nSPS) is 11.2. The first-order chi connectivity index (χ1) is 9.85. The van der Waals surface area contributed by atoms with E-state index in [0.29, 0.717) is 5.82 Å². The van der Waals surface area contributed by atoms with Crippen LogP contribution in [0.2, 0.25) is 0 Å². The number of alkyl halides is 3. The summed E-state index contributed by atoms with van der Waals surface area (Å²) in [5.74, 6) is 0.452. The number of carbonyl (C=O) groups excluding carboxylic acids is 1. The fourth-order valence-electron chi connectivity index (χ4n) is 1.58. The van der Waals surface area contributed by atoms with Crippen LogP contribution in [0.25, 0.3) is 5.69 Å². The van der Waals surface area contributed by atoms with E-state index >= 15 is 0 Å². The van der Waals surface area contributed by atoms with Crippen LogP contribution >= 0.6 is 34.8 Å². The Morgan fingerprint density at radius 2 is 1.95 bits per heavy atom. The number of amides is 1. The van der Waals surface area contributed by atoms with Crippen molar-refractivity contribution in [2.75, 3.05) is 11.9 Å². The number of hydrogen-bond acceptors (Lipinski definition) is 3. The maximum atomic E-state index is 11.6. The third kappa shape index (κ3) is 4.81. The molecule has 0 spiro atoms. The monoisotopic (exact) mass is 347 g/mol. The Hall–Kier alpha value is -1.43. The van der Waals surface area contributed by atoms with Gasteiger partial charge in [0.1, 0.15) is 12.4 Å². The van der Waals surface area contributed by atoms with E-state index in [-0.39, 0.29) is 6.61 Å². The first-order valence-corrected chi connectivity index (χ1v) is 7.10. The van der Waals surface area contributed by atoms with Gasteiger partial charge in [-0.05, 0) is 19.1 Å². The maximum absolute atomic E-state index is 11.6. The summed E-state index contributed by atoms with van der Waals surface area (Å²) in [5.41, 5.74) is 1.93. The van der Waals surface area contributed by atoms with E-state index < -0.39 is 9.89 Å². The third-order valence-electron chi connectivity index (χ3n) is 2.52. The van der Waals surface area contributed by atoms with Crippen LogP contribution in [0.15, 0.2) is 36.5 Å². The van der Waals surface area contributed by atoms with Crippen molar-refractivity contribution >= 4 is 46.7 Å². The van der Waals surface area contributed by atoms with E-state index in [9.17, 15) is 4.79 Å². The van der Waals surface area contributed by atoms with Crippen LogP contribution in [0.4, 0.5) is 10.6 Å². The van der Waals surface area contributed by atoms with Crippen LogP contribution in [0.1, 0.15) is 5.56 Å². The van der Waals surface area contributed by atoms with Crippen LogP contribution in [0.5, 0.6) is 0 Å². The number of anilines is 1. The fraction of sp³-hybridized carbons (Fsp3) is 0.231. The quantitative estimate of drug-likeness (QED) is 0.850. The summed E-state index contributed by atoms with van der Waals surface area (Å²) in [5, 5.41) is 6.69. The highest BCUT2D eigenvalue weighted by atomic mass is 35.6. The molecule has 1 aromatic carbocycles. The lowest BCUT2D eigenvalue weighted by Gasteiger charge is -2.13. The number of nitrogens with zero attached hydrogens (tertiary/aromatic N) is 2. The molecule has 2 aromatic rings. The van der Waals surface area contributed by atoms with Crippen molar-refractivity contribution in [1.82, 2.24) is 9.78 Å². The van der Waals surface area contributed by atoms with Gasteiger partial charge in [0.25, 0.3) is 0 Å². The van der Waals surface area contributed by atoms with Crippen LogP contribution in [-0.4, -0.2) is 26.3 Å². The Bertz CT molecular complexity index is 620. The van der Waals surface area contributed by atoms with Crippen molar-refractivity contribution in [1.29, 1.82) is 0 Å². The summed E-state index contributed by atoms with van der Waals surface area (Å²) in [6.45, 7) is 1.64. The number of halogens is 3. The molecule has 0 aliphatic rings. The third-order valence-corrected chi connectivity index (χ3v) is 2.85. The van der Waals surface area contributed by atoms with Gasteiger partial charge in [0.15, 0.2) is 0 Å². The number of ether oxygens (including phenoxy) is 1. The molecule has 21 heavy (non-hydrogen) atoms. The Labute approximate surface area is 136 Å². The summed E-state index contributed by atoms with van der Waals surface area (Å²) in [6.07, 6.45) is 0.833. The summed E-state index contributed by atoms with van der Waals surface area (Å²) < 4.78 is 4.72. The van der Waals surface area contributed by atoms with Gasteiger partial charge in [0.05, 0.1) is 11.9 Å². The van der Waals surface area contributed by atoms with Crippen LogP contribution < -0.4 is 5.32 Å². The number of rotatable bonds is 3. The van der Waals surface area contributed by atoms with Crippen LogP contribution in [-0.2, 0) is 4.74 Å². The van der Waals surface area contributed by atoms with E-state index in [0.717, 1.165) is 11.3 Å². The molecule has 5 nitrogen and oxygen atoms in total. The van der Waals surface area contributed by atoms with Crippen molar-refractivity contribution in [3.05, 3.63) is 42.1 Å². The van der Waals surface area contributed by atoms with Gasteiger partial charge < -0.3 is 4.74 Å². The molecule has 0 bridgehead atoms. The van der Waals surface area contributed by atoms with E-state index in [2.05, 4.69) is 10.4 Å². The van der Waals surface area contributed by atoms with Gasteiger partial charge >= 0.3 is 6.09 Å². The molecule has 0 unspecified atom stereocenters. The molecular formula is C13H12Cl3N3O2. The van der Waals surface area contributed by atoms with E-state index in [1.54, 1.807) is 16.9 Å². The van der Waals surface area contributed by atoms with Crippen molar-refractivity contribution in [2.24, 2.45) is 0 Å². The highest BCUT2D eigenvalue weighted by molar-refractivity contribution is 6.67. The predicted octanol–water partition coefficient (Wildman–Crippen LogP) is 4.10. The number of benzene rings is 1. The molecular weight excluding hydrogens is 337 g/mol. The lowest BCUT2D eigenvalue weighted by Crippen LogP contribution is -2.22. The van der Waals surface area contributed by atoms with E-state index in [1.165, 1.54) is 0 Å². The minimum Gasteiger partial charge on any atom is -0.445 e. The predicted molar refractivity (Wildman–Crippen MR) is 83.6 cm³/mol.